The number of aromatic nitrogens is 2. The molecule has 2 heterocycles. The molecule has 1 amide bonds. The van der Waals surface area contributed by atoms with Gasteiger partial charge in [0.25, 0.3) is 5.91 Å². The minimum Gasteiger partial charge on any atom is -0.503 e. The minimum atomic E-state index is -0.893. The van der Waals surface area contributed by atoms with Crippen LogP contribution in [0.15, 0.2) is 101 Å². The highest BCUT2D eigenvalue weighted by Gasteiger charge is 2.45. The quantitative estimate of drug-likeness (QED) is 0.0635. The van der Waals surface area contributed by atoms with Crippen molar-refractivity contribution in [3.63, 3.8) is 0 Å². The van der Waals surface area contributed by atoms with Gasteiger partial charge in [0.05, 0.1) is 18.2 Å². The molecule has 4 aromatic rings. The summed E-state index contributed by atoms with van der Waals surface area (Å²) >= 11 is 8.71. The smallest absolute Gasteiger partial charge is 0.296 e. The van der Waals surface area contributed by atoms with Gasteiger partial charge in [-0.05, 0) is 53.5 Å². The van der Waals surface area contributed by atoms with Gasteiger partial charge in [0.1, 0.15) is 5.75 Å². The Balaban J connectivity index is 1.40. The van der Waals surface area contributed by atoms with Crippen LogP contribution in [-0.2, 0) is 15.3 Å². The number of amides is 1. The van der Waals surface area contributed by atoms with Crippen molar-refractivity contribution in [2.24, 2.45) is 0 Å². The summed E-state index contributed by atoms with van der Waals surface area (Å²) in [5.74, 6) is -0.429. The molecule has 1 aliphatic heterocycles. The van der Waals surface area contributed by atoms with Crippen LogP contribution in [0.25, 0.3) is 6.08 Å². The van der Waals surface area contributed by atoms with Crippen molar-refractivity contribution in [3.05, 3.63) is 118 Å². The highest BCUT2D eigenvalue weighted by Crippen LogP contribution is 2.43. The molecule has 0 radical (unpaired) electrons. The molecule has 0 saturated heterocycles. The van der Waals surface area contributed by atoms with Crippen LogP contribution in [0.5, 0.6) is 5.75 Å². The largest absolute Gasteiger partial charge is 0.503 e. The lowest BCUT2D eigenvalue weighted by Gasteiger charge is -2.24. The van der Waals surface area contributed by atoms with Crippen molar-refractivity contribution in [2.75, 3.05) is 11.5 Å². The molecular formula is C34H32ClN3O4S2. The summed E-state index contributed by atoms with van der Waals surface area (Å²) in [6.45, 7) is 2.78. The lowest BCUT2D eigenvalue weighted by atomic mass is 9.95. The van der Waals surface area contributed by atoms with E-state index in [1.54, 1.807) is 6.08 Å². The zero-order valence-electron chi connectivity index (χ0n) is 24.2. The molecule has 226 valence electrons. The Labute approximate surface area is 270 Å². The van der Waals surface area contributed by atoms with Crippen molar-refractivity contribution < 1.29 is 19.4 Å². The number of carbonyl (C=O) groups is 2. The van der Waals surface area contributed by atoms with E-state index < -0.39 is 23.5 Å². The summed E-state index contributed by atoms with van der Waals surface area (Å²) in [6.07, 6.45) is 7.46. The third-order valence-corrected chi connectivity index (χ3v) is 9.42. The molecule has 1 aromatic heterocycles. The summed E-state index contributed by atoms with van der Waals surface area (Å²) in [5.41, 5.74) is 2.52. The van der Waals surface area contributed by atoms with E-state index in [-0.39, 0.29) is 10.7 Å². The number of thioether (sulfide) groups is 1. The maximum atomic E-state index is 13.6. The zero-order valence-corrected chi connectivity index (χ0v) is 26.6. The molecule has 0 aliphatic carbocycles. The van der Waals surface area contributed by atoms with Gasteiger partial charge < -0.3 is 9.84 Å². The normalized spacial score (nSPS) is 15.0. The number of unbranched alkanes of at least 4 members (excludes halogenated alkanes) is 3. The van der Waals surface area contributed by atoms with Crippen molar-refractivity contribution in [1.82, 2.24) is 10.2 Å². The number of allylic oxidation sites excluding steroid dienone is 1. The third-order valence-electron chi connectivity index (χ3n) is 7.04. The SMILES string of the molecule is CCCCCCOc1ccc(C2C(C(=O)/C=C/c3ccccc3)=C(O)C(=O)N2c2nnc(SCc3ccc(Cl)cc3)s2)cc1. The van der Waals surface area contributed by atoms with E-state index >= 15 is 0 Å². The topological polar surface area (TPSA) is 92.6 Å². The second-order valence-electron chi connectivity index (χ2n) is 10.2. The number of anilines is 1. The van der Waals surface area contributed by atoms with Gasteiger partial charge >= 0.3 is 0 Å². The lowest BCUT2D eigenvalue weighted by Crippen LogP contribution is -2.30. The molecule has 1 aliphatic rings. The highest BCUT2D eigenvalue weighted by atomic mass is 35.5. The summed E-state index contributed by atoms with van der Waals surface area (Å²) in [5, 5.41) is 20.6. The first-order valence-electron chi connectivity index (χ1n) is 14.4. The Morgan fingerprint density at radius 3 is 2.50 bits per heavy atom. The number of aliphatic hydroxyl groups is 1. The molecule has 1 atom stereocenters. The molecule has 0 spiro atoms. The summed E-state index contributed by atoms with van der Waals surface area (Å²) in [4.78, 5) is 28.4. The number of carbonyl (C=O) groups excluding carboxylic acids is 2. The molecule has 0 bridgehead atoms. The first-order chi connectivity index (χ1) is 21.4. The summed E-state index contributed by atoms with van der Waals surface area (Å²) in [7, 11) is 0. The van der Waals surface area contributed by atoms with Crippen LogP contribution >= 0.6 is 34.7 Å². The number of ether oxygens (including phenoxy) is 1. The number of halogens is 1. The number of hydrogen-bond donors (Lipinski definition) is 1. The van der Waals surface area contributed by atoms with Gasteiger partial charge in [-0.15, -0.1) is 10.2 Å². The van der Waals surface area contributed by atoms with Gasteiger partial charge in [-0.25, -0.2) is 0 Å². The van der Waals surface area contributed by atoms with Crippen LogP contribution in [0.1, 0.15) is 55.3 Å². The molecule has 1 N–H and O–H groups in total. The minimum absolute atomic E-state index is 0.0130. The molecule has 44 heavy (non-hydrogen) atoms. The van der Waals surface area contributed by atoms with Crippen molar-refractivity contribution in [1.29, 1.82) is 0 Å². The Morgan fingerprint density at radius 1 is 1.02 bits per heavy atom. The standard InChI is InChI=1S/C34H32ClN3O4S2/c1-2-3-4-8-21-42-27-18-14-25(15-19-27)30-29(28(39)20-13-23-9-6-5-7-10-23)31(40)32(41)38(30)33-36-37-34(44-33)43-22-24-11-16-26(35)17-12-24/h5-7,9-20,30,40H,2-4,8,21-22H2,1H3/b20-13+. The highest BCUT2D eigenvalue weighted by molar-refractivity contribution is 8.00. The molecule has 0 saturated carbocycles. The zero-order chi connectivity index (χ0) is 30.9. The number of benzene rings is 3. The van der Waals surface area contributed by atoms with E-state index in [1.807, 2.05) is 78.9 Å². The molecule has 0 fully saturated rings. The maximum absolute atomic E-state index is 13.6. The van der Waals surface area contributed by atoms with Gasteiger partial charge in [-0.1, -0.05) is 122 Å². The summed E-state index contributed by atoms with van der Waals surface area (Å²) < 4.78 is 6.56. The van der Waals surface area contributed by atoms with Crippen LogP contribution in [-0.4, -0.2) is 33.6 Å². The van der Waals surface area contributed by atoms with Gasteiger partial charge in [0.15, 0.2) is 15.9 Å². The fourth-order valence-corrected chi connectivity index (χ4v) is 6.69. The van der Waals surface area contributed by atoms with Crippen LogP contribution in [0.2, 0.25) is 5.02 Å². The second kappa shape index (κ2) is 15.2. The molecular weight excluding hydrogens is 614 g/mol. The third kappa shape index (κ3) is 7.77. The number of rotatable bonds is 14. The lowest BCUT2D eigenvalue weighted by molar-refractivity contribution is -0.117. The van der Waals surface area contributed by atoms with Crippen LogP contribution in [0.3, 0.4) is 0 Å². The Bertz CT molecular complexity index is 1640. The Morgan fingerprint density at radius 2 is 1.77 bits per heavy atom. The monoisotopic (exact) mass is 645 g/mol. The van der Waals surface area contributed by atoms with Crippen LogP contribution < -0.4 is 9.64 Å². The second-order valence-corrected chi connectivity index (χ2v) is 12.8. The van der Waals surface area contributed by atoms with Gasteiger partial charge in [-0.3, -0.25) is 14.5 Å². The Kier molecular flexibility index (Phi) is 10.9. The Hall–Kier alpha value is -3.92. The number of aliphatic hydroxyl groups excluding tert-OH is 1. The van der Waals surface area contributed by atoms with Gasteiger partial charge in [0.2, 0.25) is 5.13 Å². The van der Waals surface area contributed by atoms with Crippen LogP contribution in [0.4, 0.5) is 5.13 Å². The predicted molar refractivity (Wildman–Crippen MR) is 177 cm³/mol. The van der Waals surface area contributed by atoms with E-state index in [0.717, 1.165) is 30.4 Å². The first kappa shape index (κ1) is 31.5. The van der Waals surface area contributed by atoms with E-state index in [1.165, 1.54) is 40.5 Å². The number of ketones is 1. The molecule has 5 rings (SSSR count). The fourth-order valence-electron chi connectivity index (χ4n) is 4.74. The number of hydrogen-bond acceptors (Lipinski definition) is 8. The number of nitrogens with zero attached hydrogens (tertiary/aromatic N) is 3. The van der Waals surface area contributed by atoms with Crippen LogP contribution in [0, 0.1) is 0 Å². The van der Waals surface area contributed by atoms with Crippen molar-refractivity contribution in [3.8, 4) is 5.75 Å². The van der Waals surface area contributed by atoms with E-state index in [4.69, 9.17) is 16.3 Å². The predicted octanol–water partition coefficient (Wildman–Crippen LogP) is 8.63. The molecule has 10 heteroatoms. The average Bonchev–Trinajstić information content (AvgIpc) is 3.62. The molecule has 1 unspecified atom stereocenters. The maximum Gasteiger partial charge on any atom is 0.296 e. The van der Waals surface area contributed by atoms with Crippen molar-refractivity contribution in [2.45, 2.75) is 48.7 Å². The summed E-state index contributed by atoms with van der Waals surface area (Å²) in [6, 6.07) is 23.3. The van der Waals surface area contributed by atoms with Gasteiger partial charge in [-0.2, -0.15) is 0 Å². The van der Waals surface area contributed by atoms with Crippen molar-refractivity contribution >= 4 is 57.6 Å². The van der Waals surface area contributed by atoms with E-state index in [0.29, 0.717) is 33.0 Å². The average molecular weight is 646 g/mol. The fraction of sp³-hybridized carbons (Fsp3) is 0.235. The first-order valence-corrected chi connectivity index (χ1v) is 16.6. The van der Waals surface area contributed by atoms with E-state index in [2.05, 4.69) is 17.1 Å². The molecule has 7 nitrogen and oxygen atoms in total. The van der Waals surface area contributed by atoms with Gasteiger partial charge in [0, 0.05) is 10.8 Å². The molecule has 3 aromatic carbocycles. The van der Waals surface area contributed by atoms with E-state index in [9.17, 15) is 14.7 Å².